The standard InChI is InChI=1S/C27H36N6O/c1-3-31-16-18-33(19-17-31)27(34)21-8-10-23(11-9-21)32-14-12-22(13-15-32)28-20(2)26-29-24-6-4-5-7-25(24)30-26/h4-11,20,22,28H,3,12-19H2,1-2H3,(H,29,30)/t20-/m0/s1. The van der Waals surface area contributed by atoms with Gasteiger partial charge in [-0.25, -0.2) is 4.98 Å². The summed E-state index contributed by atoms with van der Waals surface area (Å²) in [6.07, 6.45) is 2.18. The number of nitrogens with zero attached hydrogens (tertiary/aromatic N) is 4. The van der Waals surface area contributed by atoms with Gasteiger partial charge >= 0.3 is 0 Å². The van der Waals surface area contributed by atoms with Gasteiger partial charge in [-0.2, -0.15) is 0 Å². The molecule has 7 nitrogen and oxygen atoms in total. The molecule has 1 amide bonds. The van der Waals surface area contributed by atoms with Crippen molar-refractivity contribution < 1.29 is 4.79 Å². The third kappa shape index (κ3) is 4.95. The van der Waals surface area contributed by atoms with Gasteiger partial charge in [0.2, 0.25) is 0 Å². The van der Waals surface area contributed by atoms with Crippen LogP contribution in [0.25, 0.3) is 11.0 Å². The zero-order valence-electron chi connectivity index (χ0n) is 20.3. The van der Waals surface area contributed by atoms with Crippen LogP contribution in [0.2, 0.25) is 0 Å². The van der Waals surface area contributed by atoms with Crippen molar-refractivity contribution in [3.63, 3.8) is 0 Å². The van der Waals surface area contributed by atoms with E-state index in [9.17, 15) is 4.79 Å². The molecule has 5 rings (SSSR count). The van der Waals surface area contributed by atoms with E-state index in [4.69, 9.17) is 4.98 Å². The molecule has 0 bridgehead atoms. The van der Waals surface area contributed by atoms with E-state index < -0.39 is 0 Å². The molecule has 0 saturated carbocycles. The molecule has 1 aromatic heterocycles. The lowest BCUT2D eigenvalue weighted by atomic mass is 10.0. The number of likely N-dealkylation sites (N-methyl/N-ethyl adjacent to an activating group) is 1. The van der Waals surface area contributed by atoms with Crippen LogP contribution < -0.4 is 10.2 Å². The molecule has 2 aliphatic rings. The zero-order chi connectivity index (χ0) is 23.5. The van der Waals surface area contributed by atoms with Gasteiger partial charge in [-0.15, -0.1) is 0 Å². The number of anilines is 1. The molecule has 0 spiro atoms. The first-order valence-corrected chi connectivity index (χ1v) is 12.7. The second kappa shape index (κ2) is 10.2. The Balaban J connectivity index is 1.12. The van der Waals surface area contributed by atoms with Crippen molar-refractivity contribution in [3.05, 3.63) is 59.9 Å². The molecule has 2 saturated heterocycles. The second-order valence-electron chi connectivity index (χ2n) is 9.56. The van der Waals surface area contributed by atoms with Gasteiger partial charge in [0, 0.05) is 56.6 Å². The predicted molar refractivity (Wildman–Crippen MR) is 137 cm³/mol. The molecule has 0 aliphatic carbocycles. The number of hydrogen-bond acceptors (Lipinski definition) is 5. The lowest BCUT2D eigenvalue weighted by molar-refractivity contribution is 0.0643. The van der Waals surface area contributed by atoms with Crippen LogP contribution in [0.5, 0.6) is 0 Å². The Morgan fingerprint density at radius 2 is 1.74 bits per heavy atom. The van der Waals surface area contributed by atoms with Crippen LogP contribution in [0.15, 0.2) is 48.5 Å². The van der Waals surface area contributed by atoms with Crippen LogP contribution in [0, 0.1) is 0 Å². The van der Waals surface area contributed by atoms with Crippen molar-refractivity contribution in [3.8, 4) is 0 Å². The van der Waals surface area contributed by atoms with Gasteiger partial charge in [0.1, 0.15) is 5.82 Å². The van der Waals surface area contributed by atoms with Gasteiger partial charge in [0.15, 0.2) is 0 Å². The van der Waals surface area contributed by atoms with E-state index in [0.29, 0.717) is 6.04 Å². The number of H-pyrrole nitrogens is 1. The van der Waals surface area contributed by atoms with E-state index in [1.54, 1.807) is 0 Å². The highest BCUT2D eigenvalue weighted by molar-refractivity contribution is 5.94. The Labute approximate surface area is 202 Å². The maximum atomic E-state index is 12.9. The summed E-state index contributed by atoms with van der Waals surface area (Å²) in [4.78, 5) is 27.9. The number of aromatic nitrogens is 2. The van der Waals surface area contributed by atoms with E-state index in [1.807, 2.05) is 35.2 Å². The molecular weight excluding hydrogens is 424 g/mol. The fraction of sp³-hybridized carbons (Fsp3) is 0.481. The number of carbonyl (C=O) groups is 1. The molecule has 7 heteroatoms. The van der Waals surface area contributed by atoms with Crippen LogP contribution in [-0.2, 0) is 0 Å². The first-order chi connectivity index (χ1) is 16.6. The van der Waals surface area contributed by atoms with Gasteiger partial charge in [0.25, 0.3) is 5.91 Å². The highest BCUT2D eigenvalue weighted by Gasteiger charge is 2.24. The van der Waals surface area contributed by atoms with E-state index in [1.165, 1.54) is 5.69 Å². The number of rotatable bonds is 6. The van der Waals surface area contributed by atoms with E-state index in [0.717, 1.165) is 81.1 Å². The van der Waals surface area contributed by atoms with Crippen molar-refractivity contribution in [2.75, 3.05) is 50.7 Å². The summed E-state index contributed by atoms with van der Waals surface area (Å²) in [5, 5.41) is 3.76. The highest BCUT2D eigenvalue weighted by atomic mass is 16.2. The number of carbonyl (C=O) groups excluding carboxylic acids is 1. The summed E-state index contributed by atoms with van der Waals surface area (Å²) in [6, 6.07) is 17.1. The van der Waals surface area contributed by atoms with E-state index in [2.05, 4.69) is 52.1 Å². The summed E-state index contributed by atoms with van der Waals surface area (Å²) in [5.41, 5.74) is 4.11. The van der Waals surface area contributed by atoms with Crippen molar-refractivity contribution in [1.29, 1.82) is 0 Å². The minimum absolute atomic E-state index is 0.157. The van der Waals surface area contributed by atoms with Gasteiger partial charge < -0.3 is 25.0 Å². The van der Waals surface area contributed by atoms with Crippen LogP contribution in [0.4, 0.5) is 5.69 Å². The molecule has 3 heterocycles. The second-order valence-corrected chi connectivity index (χ2v) is 9.56. The molecule has 3 aromatic rings. The Morgan fingerprint density at radius 1 is 1.03 bits per heavy atom. The minimum Gasteiger partial charge on any atom is -0.371 e. The smallest absolute Gasteiger partial charge is 0.253 e. The number of hydrogen-bond donors (Lipinski definition) is 2. The fourth-order valence-corrected chi connectivity index (χ4v) is 5.18. The van der Waals surface area contributed by atoms with E-state index >= 15 is 0 Å². The highest BCUT2D eigenvalue weighted by Crippen LogP contribution is 2.23. The molecule has 34 heavy (non-hydrogen) atoms. The average Bonchev–Trinajstić information content (AvgIpc) is 3.34. The number of aromatic amines is 1. The topological polar surface area (TPSA) is 67.5 Å². The molecule has 2 N–H and O–H groups in total. The number of benzene rings is 2. The Kier molecular flexibility index (Phi) is 6.83. The minimum atomic E-state index is 0.157. The van der Waals surface area contributed by atoms with Crippen molar-refractivity contribution in [2.45, 2.75) is 38.8 Å². The summed E-state index contributed by atoms with van der Waals surface area (Å²) in [6.45, 7) is 11.0. The van der Waals surface area contributed by atoms with Crippen molar-refractivity contribution in [2.24, 2.45) is 0 Å². The maximum Gasteiger partial charge on any atom is 0.253 e. The van der Waals surface area contributed by atoms with Gasteiger partial charge in [0.05, 0.1) is 17.1 Å². The van der Waals surface area contributed by atoms with Crippen LogP contribution in [-0.4, -0.2) is 77.5 Å². The van der Waals surface area contributed by atoms with Crippen LogP contribution in [0.3, 0.4) is 0 Å². The zero-order valence-corrected chi connectivity index (χ0v) is 20.3. The predicted octanol–water partition coefficient (Wildman–Crippen LogP) is 3.66. The molecule has 2 aromatic carbocycles. The maximum absolute atomic E-state index is 12.9. The number of amides is 1. The number of piperazine rings is 1. The first kappa shape index (κ1) is 22.9. The molecule has 0 unspecified atom stereocenters. The SMILES string of the molecule is CCN1CCN(C(=O)c2ccc(N3CCC(N[C@@H](C)c4nc5ccccc5[nH]4)CC3)cc2)CC1. The molecule has 2 fully saturated rings. The quantitative estimate of drug-likeness (QED) is 0.588. The lowest BCUT2D eigenvalue weighted by Crippen LogP contribution is -2.48. The fourth-order valence-electron chi connectivity index (χ4n) is 5.18. The number of para-hydroxylation sites is 2. The number of imidazole rings is 1. The Bertz CT molecular complexity index is 1060. The molecule has 0 radical (unpaired) electrons. The molecule has 180 valence electrons. The lowest BCUT2D eigenvalue weighted by Gasteiger charge is -2.35. The van der Waals surface area contributed by atoms with Crippen molar-refractivity contribution in [1.82, 2.24) is 25.1 Å². The van der Waals surface area contributed by atoms with Gasteiger partial charge in [-0.05, 0) is 62.7 Å². The first-order valence-electron chi connectivity index (χ1n) is 12.7. The number of nitrogens with one attached hydrogen (secondary N) is 2. The molecule has 1 atom stereocenters. The van der Waals surface area contributed by atoms with Gasteiger partial charge in [-0.1, -0.05) is 19.1 Å². The summed E-state index contributed by atoms with van der Waals surface area (Å²) >= 11 is 0. The van der Waals surface area contributed by atoms with E-state index in [-0.39, 0.29) is 11.9 Å². The van der Waals surface area contributed by atoms with Crippen LogP contribution in [0.1, 0.15) is 48.9 Å². The third-order valence-corrected chi connectivity index (χ3v) is 7.38. The van der Waals surface area contributed by atoms with Crippen molar-refractivity contribution >= 4 is 22.6 Å². The summed E-state index contributed by atoms with van der Waals surface area (Å²) < 4.78 is 0. The largest absolute Gasteiger partial charge is 0.371 e. The van der Waals surface area contributed by atoms with Gasteiger partial charge in [-0.3, -0.25) is 4.79 Å². The number of fused-ring (bicyclic) bond motifs is 1. The molecular formula is C27H36N6O. The Morgan fingerprint density at radius 3 is 2.41 bits per heavy atom. The molecule has 2 aliphatic heterocycles. The third-order valence-electron chi connectivity index (χ3n) is 7.38. The normalized spacial score (nSPS) is 19.0. The Hall–Kier alpha value is -2.90. The number of piperidine rings is 1. The summed E-state index contributed by atoms with van der Waals surface area (Å²) in [7, 11) is 0. The summed E-state index contributed by atoms with van der Waals surface area (Å²) in [5.74, 6) is 1.16. The average molecular weight is 461 g/mol. The monoisotopic (exact) mass is 460 g/mol. The van der Waals surface area contributed by atoms with Crippen LogP contribution >= 0.6 is 0 Å².